The Labute approximate surface area is 135 Å². The van der Waals surface area contributed by atoms with Crippen LogP contribution in [-0.2, 0) is 14.9 Å². The highest BCUT2D eigenvalue weighted by atomic mass is 32.2. The number of nitrogens with zero attached hydrogens (tertiary/aromatic N) is 1. The van der Waals surface area contributed by atoms with Gasteiger partial charge < -0.3 is 10.1 Å². The van der Waals surface area contributed by atoms with Gasteiger partial charge in [-0.25, -0.2) is 4.98 Å². The minimum atomic E-state index is -0.688. The van der Waals surface area contributed by atoms with Gasteiger partial charge >= 0.3 is 5.97 Å². The number of thioether (sulfide) groups is 1. The van der Waals surface area contributed by atoms with Crippen molar-refractivity contribution in [2.24, 2.45) is 0 Å². The summed E-state index contributed by atoms with van der Waals surface area (Å²) in [6, 6.07) is 0. The zero-order valence-electron chi connectivity index (χ0n) is 13.0. The molecule has 6 heteroatoms. The van der Waals surface area contributed by atoms with Crippen LogP contribution >= 0.6 is 23.1 Å². The van der Waals surface area contributed by atoms with Crippen molar-refractivity contribution in [2.45, 2.75) is 50.7 Å². The van der Waals surface area contributed by atoms with Crippen LogP contribution in [0.15, 0.2) is 5.38 Å². The van der Waals surface area contributed by atoms with E-state index in [1.54, 1.807) is 11.3 Å². The van der Waals surface area contributed by atoms with Crippen molar-refractivity contribution in [1.82, 2.24) is 4.98 Å². The van der Waals surface area contributed by atoms with Gasteiger partial charge in [0.05, 0.1) is 12.3 Å². The van der Waals surface area contributed by atoms with Crippen molar-refractivity contribution < 1.29 is 9.53 Å². The van der Waals surface area contributed by atoms with Crippen LogP contribution in [0.3, 0.4) is 0 Å². The predicted molar refractivity (Wildman–Crippen MR) is 90.4 cm³/mol. The molecule has 1 N–H and O–H groups in total. The van der Waals surface area contributed by atoms with E-state index in [4.69, 9.17) is 4.74 Å². The summed E-state index contributed by atoms with van der Waals surface area (Å²) in [5.41, 5.74) is 0.0937. The molecule has 4 nitrogen and oxygen atoms in total. The molecule has 0 aromatic carbocycles. The van der Waals surface area contributed by atoms with Crippen molar-refractivity contribution in [2.75, 3.05) is 24.2 Å². The van der Waals surface area contributed by atoms with E-state index in [1.165, 1.54) is 25.0 Å². The van der Waals surface area contributed by atoms with Crippen LogP contribution in [0.2, 0.25) is 0 Å². The van der Waals surface area contributed by atoms with Crippen LogP contribution in [0.1, 0.15) is 45.7 Å². The molecule has 1 aliphatic rings. The fraction of sp³-hybridized carbons (Fsp3) is 0.733. The molecular formula is C15H24N2O2S2. The van der Waals surface area contributed by atoms with E-state index in [-0.39, 0.29) is 5.97 Å². The summed E-state index contributed by atoms with van der Waals surface area (Å²) < 4.78 is 5.13. The summed E-state index contributed by atoms with van der Waals surface area (Å²) in [6.45, 7) is 6.90. The SMILES string of the molecule is CCOC(=O)C(C)(C)c1csc(NCC2CCCCS2)n1. The van der Waals surface area contributed by atoms with Crippen LogP contribution in [0.25, 0.3) is 0 Å². The maximum absolute atomic E-state index is 12.0. The molecule has 1 aliphatic heterocycles. The van der Waals surface area contributed by atoms with E-state index in [9.17, 15) is 4.79 Å². The van der Waals surface area contributed by atoms with E-state index < -0.39 is 5.41 Å². The lowest BCUT2D eigenvalue weighted by Crippen LogP contribution is -2.31. The summed E-state index contributed by atoms with van der Waals surface area (Å²) >= 11 is 3.61. The Balaban J connectivity index is 1.92. The Morgan fingerprint density at radius 3 is 3.00 bits per heavy atom. The minimum absolute atomic E-state index is 0.218. The highest BCUT2D eigenvalue weighted by molar-refractivity contribution is 7.99. The molecule has 1 aromatic heterocycles. The van der Waals surface area contributed by atoms with Crippen molar-refractivity contribution in [1.29, 1.82) is 0 Å². The number of carbonyl (C=O) groups excluding carboxylic acids is 1. The number of carbonyl (C=O) groups is 1. The van der Waals surface area contributed by atoms with Gasteiger partial charge in [0, 0.05) is 17.2 Å². The number of aromatic nitrogens is 1. The zero-order chi connectivity index (χ0) is 15.3. The first-order valence-corrected chi connectivity index (χ1v) is 9.45. The Morgan fingerprint density at radius 2 is 2.33 bits per heavy atom. The highest BCUT2D eigenvalue weighted by Crippen LogP contribution is 2.29. The molecule has 0 radical (unpaired) electrons. The van der Waals surface area contributed by atoms with E-state index in [0.717, 1.165) is 17.4 Å². The molecule has 0 bridgehead atoms. The highest BCUT2D eigenvalue weighted by Gasteiger charge is 2.34. The molecule has 118 valence electrons. The second-order valence-corrected chi connectivity index (χ2v) is 8.02. The van der Waals surface area contributed by atoms with Crippen molar-refractivity contribution in [3.05, 3.63) is 11.1 Å². The molecular weight excluding hydrogens is 304 g/mol. The summed E-state index contributed by atoms with van der Waals surface area (Å²) in [5.74, 6) is 1.05. The van der Waals surface area contributed by atoms with E-state index in [1.807, 2.05) is 37.9 Å². The number of anilines is 1. The number of thiazole rings is 1. The minimum Gasteiger partial charge on any atom is -0.465 e. The first-order valence-electron chi connectivity index (χ1n) is 7.52. The summed E-state index contributed by atoms with van der Waals surface area (Å²) in [6.07, 6.45) is 3.96. The van der Waals surface area contributed by atoms with E-state index in [2.05, 4.69) is 10.3 Å². The van der Waals surface area contributed by atoms with E-state index in [0.29, 0.717) is 11.9 Å². The lowest BCUT2D eigenvalue weighted by Gasteiger charge is -2.21. The third kappa shape index (κ3) is 4.36. The van der Waals surface area contributed by atoms with Gasteiger partial charge in [-0.1, -0.05) is 6.42 Å². The van der Waals surface area contributed by atoms with Gasteiger partial charge in [-0.15, -0.1) is 11.3 Å². The average molecular weight is 329 g/mol. The monoisotopic (exact) mass is 328 g/mol. The lowest BCUT2D eigenvalue weighted by molar-refractivity contribution is -0.148. The standard InChI is InChI=1S/C15H24N2O2S2/c1-4-19-13(18)15(2,3)12-10-21-14(17-12)16-9-11-7-5-6-8-20-11/h10-11H,4-9H2,1-3H3,(H,16,17). The quantitative estimate of drug-likeness (QED) is 0.807. The molecule has 21 heavy (non-hydrogen) atoms. The molecule has 0 spiro atoms. The maximum Gasteiger partial charge on any atom is 0.317 e. The largest absolute Gasteiger partial charge is 0.465 e. The zero-order valence-corrected chi connectivity index (χ0v) is 14.6. The Bertz CT molecular complexity index is 468. The second-order valence-electron chi connectivity index (χ2n) is 5.75. The van der Waals surface area contributed by atoms with E-state index >= 15 is 0 Å². The van der Waals surface area contributed by atoms with Crippen LogP contribution in [0, 0.1) is 0 Å². The van der Waals surface area contributed by atoms with Gasteiger partial charge in [-0.2, -0.15) is 11.8 Å². The smallest absolute Gasteiger partial charge is 0.317 e. The Morgan fingerprint density at radius 1 is 1.52 bits per heavy atom. The maximum atomic E-state index is 12.0. The molecule has 0 saturated carbocycles. The number of rotatable bonds is 6. The predicted octanol–water partition coefficient (Wildman–Crippen LogP) is 3.68. The molecule has 1 aromatic rings. The number of nitrogens with one attached hydrogen (secondary N) is 1. The summed E-state index contributed by atoms with van der Waals surface area (Å²) in [4.78, 5) is 16.6. The molecule has 0 amide bonds. The molecule has 1 saturated heterocycles. The van der Waals surface area contributed by atoms with Crippen molar-refractivity contribution >= 4 is 34.2 Å². The van der Waals surface area contributed by atoms with Crippen LogP contribution in [-0.4, -0.2) is 35.1 Å². The van der Waals surface area contributed by atoms with Gasteiger partial charge in [-0.3, -0.25) is 4.79 Å². The normalized spacial score (nSPS) is 19.3. The number of hydrogen-bond donors (Lipinski definition) is 1. The number of hydrogen-bond acceptors (Lipinski definition) is 6. The average Bonchev–Trinajstić information content (AvgIpc) is 2.96. The van der Waals surface area contributed by atoms with Crippen molar-refractivity contribution in [3.8, 4) is 0 Å². The lowest BCUT2D eigenvalue weighted by atomic mass is 9.90. The van der Waals surface area contributed by atoms with Gasteiger partial charge in [0.15, 0.2) is 5.13 Å². The Hall–Kier alpha value is -0.750. The molecule has 1 atom stereocenters. The fourth-order valence-electron chi connectivity index (χ4n) is 2.23. The van der Waals surface area contributed by atoms with Gasteiger partial charge in [0.2, 0.25) is 0 Å². The first-order chi connectivity index (χ1) is 10.0. The fourth-order valence-corrected chi connectivity index (χ4v) is 4.35. The van der Waals surface area contributed by atoms with Crippen LogP contribution in [0.4, 0.5) is 5.13 Å². The second kappa shape index (κ2) is 7.49. The molecule has 1 unspecified atom stereocenters. The summed E-state index contributed by atoms with van der Waals surface area (Å²) in [5, 5.41) is 6.95. The molecule has 2 rings (SSSR count). The topological polar surface area (TPSA) is 51.2 Å². The van der Waals surface area contributed by atoms with Gasteiger partial charge in [0.1, 0.15) is 5.41 Å². The third-order valence-corrected chi connectivity index (χ3v) is 5.88. The van der Waals surface area contributed by atoms with Gasteiger partial charge in [0.25, 0.3) is 0 Å². The third-order valence-electron chi connectivity index (χ3n) is 3.69. The van der Waals surface area contributed by atoms with Crippen LogP contribution in [0.5, 0.6) is 0 Å². The molecule has 1 fully saturated rings. The summed E-state index contributed by atoms with van der Waals surface area (Å²) in [7, 11) is 0. The van der Waals surface area contributed by atoms with Crippen LogP contribution < -0.4 is 5.32 Å². The number of esters is 1. The molecule has 2 heterocycles. The first kappa shape index (κ1) is 16.6. The molecule has 0 aliphatic carbocycles. The Kier molecular flexibility index (Phi) is 5.93. The number of ether oxygens (including phenoxy) is 1. The van der Waals surface area contributed by atoms with Crippen molar-refractivity contribution in [3.63, 3.8) is 0 Å². The van der Waals surface area contributed by atoms with Gasteiger partial charge in [-0.05, 0) is 39.4 Å².